The molecule has 3 rings (SSSR count). The Morgan fingerprint density at radius 2 is 1.96 bits per heavy atom. The average Bonchev–Trinajstić information content (AvgIpc) is 2.55. The molecule has 0 spiro atoms. The van der Waals surface area contributed by atoms with Crippen molar-refractivity contribution in [1.82, 2.24) is 9.97 Å². The van der Waals surface area contributed by atoms with E-state index in [0.29, 0.717) is 22.2 Å². The van der Waals surface area contributed by atoms with Crippen LogP contribution in [0.15, 0.2) is 30.3 Å². The molecule has 1 saturated heterocycles. The summed E-state index contributed by atoms with van der Waals surface area (Å²) in [6.07, 6.45) is 3.57. The van der Waals surface area contributed by atoms with Crippen molar-refractivity contribution in [3.05, 3.63) is 46.9 Å². The second-order valence-electron chi connectivity index (χ2n) is 5.67. The van der Waals surface area contributed by atoms with Crippen molar-refractivity contribution in [2.24, 2.45) is 0 Å². The van der Waals surface area contributed by atoms with Crippen molar-refractivity contribution in [1.29, 1.82) is 0 Å². The third-order valence-electron chi connectivity index (χ3n) is 3.82. The van der Waals surface area contributed by atoms with E-state index in [9.17, 15) is 4.79 Å². The predicted molar refractivity (Wildman–Crippen MR) is 92.2 cm³/mol. The minimum Gasteiger partial charge on any atom is -0.356 e. The first kappa shape index (κ1) is 15.7. The van der Waals surface area contributed by atoms with E-state index in [0.717, 1.165) is 31.7 Å². The zero-order valence-electron chi connectivity index (χ0n) is 13.1. The van der Waals surface area contributed by atoms with E-state index >= 15 is 0 Å². The van der Waals surface area contributed by atoms with Crippen LogP contribution in [0.25, 0.3) is 0 Å². The monoisotopic (exact) mass is 330 g/mol. The molecule has 23 heavy (non-hydrogen) atoms. The van der Waals surface area contributed by atoms with Crippen molar-refractivity contribution in [3.8, 4) is 0 Å². The smallest absolute Gasteiger partial charge is 0.274 e. The third kappa shape index (κ3) is 3.99. The first-order valence-corrected chi connectivity index (χ1v) is 8.17. The Labute approximate surface area is 140 Å². The van der Waals surface area contributed by atoms with E-state index in [4.69, 9.17) is 11.6 Å². The van der Waals surface area contributed by atoms with Crippen molar-refractivity contribution in [2.75, 3.05) is 23.3 Å². The number of aromatic nitrogens is 2. The molecule has 1 amide bonds. The fraction of sp³-hybridized carbons (Fsp3) is 0.353. The number of nitrogens with one attached hydrogen (secondary N) is 1. The van der Waals surface area contributed by atoms with Gasteiger partial charge in [0.15, 0.2) is 0 Å². The Morgan fingerprint density at radius 3 is 2.70 bits per heavy atom. The molecule has 0 unspecified atom stereocenters. The van der Waals surface area contributed by atoms with Gasteiger partial charge < -0.3 is 10.2 Å². The van der Waals surface area contributed by atoms with Crippen LogP contribution in [-0.4, -0.2) is 29.0 Å². The molecule has 6 heteroatoms. The predicted octanol–water partition coefficient (Wildman–Crippen LogP) is 3.68. The Balaban J connectivity index is 1.81. The molecule has 0 bridgehead atoms. The number of hydrogen-bond acceptors (Lipinski definition) is 4. The van der Waals surface area contributed by atoms with Crippen LogP contribution in [-0.2, 0) is 0 Å². The largest absolute Gasteiger partial charge is 0.356 e. The molecule has 1 N–H and O–H groups in total. The van der Waals surface area contributed by atoms with Crippen LogP contribution in [0.4, 0.5) is 11.5 Å². The van der Waals surface area contributed by atoms with E-state index in [-0.39, 0.29) is 5.91 Å². The summed E-state index contributed by atoms with van der Waals surface area (Å²) in [5.74, 6) is 1.17. The Kier molecular flexibility index (Phi) is 4.76. The summed E-state index contributed by atoms with van der Waals surface area (Å²) >= 11 is 5.94. The van der Waals surface area contributed by atoms with Gasteiger partial charge in [-0.25, -0.2) is 9.97 Å². The molecule has 120 valence electrons. The number of piperidine rings is 1. The second-order valence-corrected chi connectivity index (χ2v) is 6.11. The lowest BCUT2D eigenvalue weighted by atomic mass is 10.1. The summed E-state index contributed by atoms with van der Waals surface area (Å²) in [4.78, 5) is 23.4. The van der Waals surface area contributed by atoms with Gasteiger partial charge in [-0.3, -0.25) is 4.79 Å². The summed E-state index contributed by atoms with van der Waals surface area (Å²) in [5.41, 5.74) is 1.02. The normalized spacial score (nSPS) is 14.6. The van der Waals surface area contributed by atoms with Gasteiger partial charge in [-0.05, 0) is 44.4 Å². The van der Waals surface area contributed by atoms with E-state index in [1.165, 1.54) is 6.42 Å². The first-order valence-electron chi connectivity index (χ1n) is 7.79. The van der Waals surface area contributed by atoms with Crippen LogP contribution in [0.2, 0.25) is 5.02 Å². The van der Waals surface area contributed by atoms with Gasteiger partial charge in [0.2, 0.25) is 0 Å². The van der Waals surface area contributed by atoms with Crippen LogP contribution in [0, 0.1) is 6.92 Å². The molecule has 1 aliphatic rings. The Bertz CT molecular complexity index is 713. The number of carbonyl (C=O) groups excluding carboxylic acids is 1. The number of hydrogen-bond donors (Lipinski definition) is 1. The van der Waals surface area contributed by atoms with Crippen molar-refractivity contribution in [3.63, 3.8) is 0 Å². The number of carbonyl (C=O) groups is 1. The van der Waals surface area contributed by atoms with Gasteiger partial charge in [0.05, 0.1) is 0 Å². The Morgan fingerprint density at radius 1 is 1.17 bits per heavy atom. The number of benzene rings is 1. The van der Waals surface area contributed by atoms with Gasteiger partial charge in [-0.2, -0.15) is 0 Å². The molecule has 2 aromatic rings. The number of amides is 1. The number of halogens is 1. The molecular weight excluding hydrogens is 312 g/mol. The van der Waals surface area contributed by atoms with Crippen LogP contribution in [0.1, 0.15) is 35.6 Å². The molecule has 0 radical (unpaired) electrons. The van der Waals surface area contributed by atoms with Crippen LogP contribution < -0.4 is 10.2 Å². The van der Waals surface area contributed by atoms with Crippen molar-refractivity contribution in [2.45, 2.75) is 26.2 Å². The summed E-state index contributed by atoms with van der Waals surface area (Å²) in [6.45, 7) is 3.77. The van der Waals surface area contributed by atoms with E-state index in [1.54, 1.807) is 30.3 Å². The molecule has 0 atom stereocenters. The minimum atomic E-state index is -0.254. The standard InChI is InChI=1S/C17H19ClN4O/c1-12-19-15(11-16(20-12)22-8-3-2-4-9-22)17(23)21-14-7-5-6-13(18)10-14/h5-7,10-11H,2-4,8-9H2,1H3,(H,21,23). The molecular formula is C17H19ClN4O. The summed E-state index contributed by atoms with van der Waals surface area (Å²) < 4.78 is 0. The quantitative estimate of drug-likeness (QED) is 0.932. The first-order chi connectivity index (χ1) is 11.1. The van der Waals surface area contributed by atoms with Crippen LogP contribution in [0.3, 0.4) is 0 Å². The highest BCUT2D eigenvalue weighted by Crippen LogP contribution is 2.20. The topological polar surface area (TPSA) is 58.1 Å². The van der Waals surface area contributed by atoms with E-state index < -0.39 is 0 Å². The number of rotatable bonds is 3. The van der Waals surface area contributed by atoms with Gasteiger partial charge in [0, 0.05) is 29.9 Å². The van der Waals surface area contributed by atoms with Gasteiger partial charge >= 0.3 is 0 Å². The number of nitrogens with zero attached hydrogens (tertiary/aromatic N) is 3. The summed E-state index contributed by atoms with van der Waals surface area (Å²) in [7, 11) is 0. The lowest BCUT2D eigenvalue weighted by Gasteiger charge is -2.28. The van der Waals surface area contributed by atoms with E-state index in [1.807, 2.05) is 6.92 Å². The van der Waals surface area contributed by atoms with E-state index in [2.05, 4.69) is 20.2 Å². The van der Waals surface area contributed by atoms with Gasteiger partial charge in [-0.1, -0.05) is 17.7 Å². The van der Waals surface area contributed by atoms with Crippen molar-refractivity contribution < 1.29 is 4.79 Å². The molecule has 0 saturated carbocycles. The highest BCUT2D eigenvalue weighted by Gasteiger charge is 2.16. The Hall–Kier alpha value is -2.14. The van der Waals surface area contributed by atoms with Gasteiger partial charge in [0.25, 0.3) is 5.91 Å². The molecule has 1 aliphatic heterocycles. The van der Waals surface area contributed by atoms with Gasteiger partial charge in [-0.15, -0.1) is 0 Å². The summed E-state index contributed by atoms with van der Waals surface area (Å²) in [5, 5.41) is 3.40. The second kappa shape index (κ2) is 6.96. The fourth-order valence-corrected chi connectivity index (χ4v) is 2.90. The highest BCUT2D eigenvalue weighted by atomic mass is 35.5. The third-order valence-corrected chi connectivity index (χ3v) is 4.05. The molecule has 0 aliphatic carbocycles. The van der Waals surface area contributed by atoms with Crippen LogP contribution in [0.5, 0.6) is 0 Å². The minimum absolute atomic E-state index is 0.254. The van der Waals surface area contributed by atoms with Crippen molar-refractivity contribution >= 4 is 29.0 Å². The number of anilines is 2. The molecule has 1 aromatic heterocycles. The summed E-state index contributed by atoms with van der Waals surface area (Å²) in [6, 6.07) is 8.82. The zero-order chi connectivity index (χ0) is 16.2. The maximum absolute atomic E-state index is 12.4. The molecule has 1 fully saturated rings. The van der Waals surface area contributed by atoms with Crippen LogP contribution >= 0.6 is 11.6 Å². The molecule has 1 aromatic carbocycles. The zero-order valence-corrected chi connectivity index (χ0v) is 13.8. The van der Waals surface area contributed by atoms with Gasteiger partial charge in [0.1, 0.15) is 17.3 Å². The maximum Gasteiger partial charge on any atom is 0.274 e. The number of aryl methyl sites for hydroxylation is 1. The highest BCUT2D eigenvalue weighted by molar-refractivity contribution is 6.30. The fourth-order valence-electron chi connectivity index (χ4n) is 2.71. The lowest BCUT2D eigenvalue weighted by Crippen LogP contribution is -2.31. The average molecular weight is 331 g/mol. The maximum atomic E-state index is 12.4. The SMILES string of the molecule is Cc1nc(C(=O)Nc2cccc(Cl)c2)cc(N2CCCCC2)n1. The molecule has 5 nitrogen and oxygen atoms in total. The lowest BCUT2D eigenvalue weighted by molar-refractivity contribution is 0.102. The molecule has 2 heterocycles.